The lowest BCUT2D eigenvalue weighted by Gasteiger charge is -2.25. The first-order chi connectivity index (χ1) is 13.6. The lowest BCUT2D eigenvalue weighted by Crippen LogP contribution is -2.25. The second-order valence-corrected chi connectivity index (χ2v) is 7.92. The number of nitrogens with zero attached hydrogens (tertiary/aromatic N) is 1. The Balaban J connectivity index is 2.08. The first kappa shape index (κ1) is 22.6. The minimum absolute atomic E-state index is 0.601. The normalized spacial score (nSPS) is 11.8. The van der Waals surface area contributed by atoms with E-state index >= 15 is 0 Å². The van der Waals surface area contributed by atoms with Gasteiger partial charge in [-0.2, -0.15) is 11.3 Å². The molecule has 0 bridgehead atoms. The van der Waals surface area contributed by atoms with Crippen molar-refractivity contribution in [2.45, 2.75) is 50.8 Å². The first-order valence-electron chi connectivity index (χ1n) is 9.87. The second kappa shape index (κ2) is 12.0. The lowest BCUT2D eigenvalue weighted by molar-refractivity contribution is -0.00217. The van der Waals surface area contributed by atoms with E-state index in [0.29, 0.717) is 25.1 Å². The van der Waals surface area contributed by atoms with Crippen LogP contribution in [0, 0.1) is 0 Å². The molecule has 0 aromatic carbocycles. The van der Waals surface area contributed by atoms with Crippen LogP contribution in [-0.2, 0) is 23.4 Å². The van der Waals surface area contributed by atoms with Crippen LogP contribution in [0.1, 0.15) is 49.2 Å². The molecule has 0 spiro atoms. The lowest BCUT2D eigenvalue weighted by atomic mass is 9.89. The fraction of sp³-hybridized carbons (Fsp3) is 0.478. The Bertz CT molecular complexity index is 681. The molecular formula is C23H33NO3S. The third-order valence-electron chi connectivity index (χ3n) is 4.83. The third-order valence-corrected chi connectivity index (χ3v) is 5.56. The zero-order chi connectivity index (χ0) is 20.2. The van der Waals surface area contributed by atoms with E-state index in [-0.39, 0.29) is 0 Å². The summed E-state index contributed by atoms with van der Waals surface area (Å²) in [6, 6.07) is 6.06. The molecule has 2 aromatic rings. The van der Waals surface area contributed by atoms with Crippen LogP contribution in [0.25, 0.3) is 0 Å². The molecule has 154 valence electrons. The number of hydrogen-bond donors (Lipinski definition) is 1. The molecule has 2 rings (SSSR count). The van der Waals surface area contributed by atoms with Gasteiger partial charge in [0, 0.05) is 26.8 Å². The van der Waals surface area contributed by atoms with Crippen molar-refractivity contribution in [3.63, 3.8) is 0 Å². The number of methoxy groups -OCH3 is 1. The maximum Gasteiger partial charge on any atom is 0.135 e. The number of allylic oxidation sites excluding steroid dienone is 2. The minimum Gasteiger partial charge on any atom is -0.462 e. The molecule has 0 saturated carbocycles. The highest BCUT2D eigenvalue weighted by Gasteiger charge is 2.31. The third kappa shape index (κ3) is 7.06. The van der Waals surface area contributed by atoms with Gasteiger partial charge in [0.2, 0.25) is 0 Å². The van der Waals surface area contributed by atoms with Crippen molar-refractivity contribution in [3.8, 4) is 0 Å². The van der Waals surface area contributed by atoms with Crippen LogP contribution in [0.5, 0.6) is 0 Å². The van der Waals surface area contributed by atoms with Crippen LogP contribution in [-0.4, -0.2) is 30.3 Å². The number of ether oxygens (including phenoxy) is 1. The molecule has 2 heterocycles. The van der Waals surface area contributed by atoms with Crippen LogP contribution in [0.3, 0.4) is 0 Å². The predicted molar refractivity (Wildman–Crippen MR) is 116 cm³/mol. The average Bonchev–Trinajstić information content (AvgIpc) is 3.37. The van der Waals surface area contributed by atoms with Gasteiger partial charge < -0.3 is 14.3 Å². The van der Waals surface area contributed by atoms with Gasteiger partial charge in [0.25, 0.3) is 0 Å². The van der Waals surface area contributed by atoms with Crippen molar-refractivity contribution in [1.82, 2.24) is 4.90 Å². The van der Waals surface area contributed by atoms with Gasteiger partial charge in [-0.3, -0.25) is 4.90 Å². The topological polar surface area (TPSA) is 45.8 Å². The monoisotopic (exact) mass is 403 g/mol. The summed E-state index contributed by atoms with van der Waals surface area (Å²) in [7, 11) is 1.73. The van der Waals surface area contributed by atoms with Crippen molar-refractivity contribution in [2.75, 3.05) is 20.3 Å². The molecule has 0 aliphatic heterocycles. The summed E-state index contributed by atoms with van der Waals surface area (Å²) in [6.45, 7) is 10.8. The maximum absolute atomic E-state index is 11.2. The molecule has 5 heteroatoms. The Kier molecular flexibility index (Phi) is 9.71. The van der Waals surface area contributed by atoms with Gasteiger partial charge in [0.15, 0.2) is 0 Å². The molecule has 28 heavy (non-hydrogen) atoms. The molecular weight excluding hydrogens is 370 g/mol. The fourth-order valence-corrected chi connectivity index (χ4v) is 3.93. The predicted octanol–water partition coefficient (Wildman–Crippen LogP) is 5.50. The molecule has 0 amide bonds. The highest BCUT2D eigenvalue weighted by Crippen LogP contribution is 2.33. The molecule has 2 aromatic heterocycles. The van der Waals surface area contributed by atoms with E-state index in [1.54, 1.807) is 18.4 Å². The highest BCUT2D eigenvalue weighted by molar-refractivity contribution is 7.07. The SMILES string of the molecule is C=CCCC(O)(CCC=C)c1ccc(CN(CCCOC)Cc2ccsc2)o1. The Hall–Kier alpha value is -1.66. The summed E-state index contributed by atoms with van der Waals surface area (Å²) in [4.78, 5) is 2.36. The molecule has 0 aliphatic carbocycles. The van der Waals surface area contributed by atoms with Gasteiger partial charge in [0.05, 0.1) is 6.54 Å². The molecule has 1 N–H and O–H groups in total. The van der Waals surface area contributed by atoms with E-state index in [1.165, 1.54) is 5.56 Å². The van der Waals surface area contributed by atoms with Crippen LogP contribution < -0.4 is 0 Å². The zero-order valence-electron chi connectivity index (χ0n) is 16.9. The number of aliphatic hydroxyl groups is 1. The zero-order valence-corrected chi connectivity index (χ0v) is 17.8. The van der Waals surface area contributed by atoms with Crippen molar-refractivity contribution in [1.29, 1.82) is 0 Å². The number of thiophene rings is 1. The largest absolute Gasteiger partial charge is 0.462 e. The van der Waals surface area contributed by atoms with Gasteiger partial charge in [-0.1, -0.05) is 12.2 Å². The van der Waals surface area contributed by atoms with Gasteiger partial charge in [-0.25, -0.2) is 0 Å². The van der Waals surface area contributed by atoms with Crippen LogP contribution in [0.2, 0.25) is 0 Å². The number of hydrogen-bond acceptors (Lipinski definition) is 5. The smallest absolute Gasteiger partial charge is 0.135 e. The Morgan fingerprint density at radius 3 is 2.54 bits per heavy atom. The quantitative estimate of drug-likeness (QED) is 0.315. The van der Waals surface area contributed by atoms with E-state index in [2.05, 4.69) is 34.9 Å². The summed E-state index contributed by atoms with van der Waals surface area (Å²) >= 11 is 1.71. The molecule has 0 fully saturated rings. The molecule has 0 radical (unpaired) electrons. The van der Waals surface area contributed by atoms with Crippen LogP contribution in [0.4, 0.5) is 0 Å². The van der Waals surface area contributed by atoms with Crippen LogP contribution in [0.15, 0.2) is 58.7 Å². The molecule has 0 saturated heterocycles. The van der Waals surface area contributed by atoms with Crippen LogP contribution >= 0.6 is 11.3 Å². The Labute approximate surface area is 173 Å². The van der Waals surface area contributed by atoms with Crippen molar-refractivity contribution in [2.24, 2.45) is 0 Å². The van der Waals surface area contributed by atoms with Gasteiger partial charge in [-0.15, -0.1) is 13.2 Å². The summed E-state index contributed by atoms with van der Waals surface area (Å²) in [6.07, 6.45) is 7.32. The van der Waals surface area contributed by atoms with E-state index in [1.807, 2.05) is 24.3 Å². The Morgan fingerprint density at radius 2 is 1.93 bits per heavy atom. The van der Waals surface area contributed by atoms with Crippen molar-refractivity contribution >= 4 is 11.3 Å². The second-order valence-electron chi connectivity index (χ2n) is 7.14. The van der Waals surface area contributed by atoms with Crippen molar-refractivity contribution in [3.05, 3.63) is 71.4 Å². The number of rotatable bonds is 15. The Morgan fingerprint density at radius 1 is 1.18 bits per heavy atom. The van der Waals surface area contributed by atoms with Gasteiger partial charge in [0.1, 0.15) is 17.1 Å². The minimum atomic E-state index is -0.977. The van der Waals surface area contributed by atoms with Gasteiger partial charge >= 0.3 is 0 Å². The average molecular weight is 404 g/mol. The van der Waals surface area contributed by atoms with E-state index in [4.69, 9.17) is 9.15 Å². The van der Waals surface area contributed by atoms with Crippen molar-refractivity contribution < 1.29 is 14.3 Å². The van der Waals surface area contributed by atoms with Gasteiger partial charge in [-0.05, 0) is 66.6 Å². The molecule has 0 aliphatic rings. The summed E-state index contributed by atoms with van der Waals surface area (Å²) in [5.41, 5.74) is 0.331. The summed E-state index contributed by atoms with van der Waals surface area (Å²) < 4.78 is 11.3. The highest BCUT2D eigenvalue weighted by atomic mass is 32.1. The number of furan rings is 1. The standard InChI is InChI=1S/C23H33NO3S/c1-4-6-12-23(25,13-7-5-2)22-10-9-21(27-22)18-24(14-8-15-26-3)17-20-11-16-28-19-20/h4-5,9-11,16,19,25H,1-2,6-8,12-15,17-18H2,3H3. The summed E-state index contributed by atoms with van der Waals surface area (Å²) in [5.74, 6) is 1.51. The molecule has 0 unspecified atom stereocenters. The molecule has 0 atom stereocenters. The van der Waals surface area contributed by atoms with E-state index in [0.717, 1.165) is 44.7 Å². The summed E-state index contributed by atoms with van der Waals surface area (Å²) in [5, 5.41) is 15.4. The first-order valence-corrected chi connectivity index (χ1v) is 10.8. The molecule has 4 nitrogen and oxygen atoms in total. The fourth-order valence-electron chi connectivity index (χ4n) is 3.27. The van der Waals surface area contributed by atoms with E-state index in [9.17, 15) is 5.11 Å². The maximum atomic E-state index is 11.2. The van der Waals surface area contributed by atoms with E-state index < -0.39 is 5.60 Å².